The lowest BCUT2D eigenvalue weighted by molar-refractivity contribution is 0.0534. The molecule has 0 bridgehead atoms. The summed E-state index contributed by atoms with van der Waals surface area (Å²) >= 11 is 0. The fourth-order valence-electron chi connectivity index (χ4n) is 3.02. The van der Waals surface area contributed by atoms with E-state index in [1.165, 1.54) is 6.07 Å². The van der Waals surface area contributed by atoms with Crippen LogP contribution in [-0.2, 0) is 0 Å². The Morgan fingerprint density at radius 3 is 2.73 bits per heavy atom. The van der Waals surface area contributed by atoms with Crippen LogP contribution in [0, 0.1) is 5.82 Å². The van der Waals surface area contributed by atoms with Gasteiger partial charge in [0.15, 0.2) is 0 Å². The molecule has 1 heterocycles. The van der Waals surface area contributed by atoms with E-state index in [1.54, 1.807) is 6.07 Å². The third kappa shape index (κ3) is 4.18. The van der Waals surface area contributed by atoms with Crippen molar-refractivity contribution in [2.24, 2.45) is 0 Å². The third-order valence-electron chi connectivity index (χ3n) is 4.05. The highest BCUT2D eigenvalue weighted by Gasteiger charge is 2.34. The van der Waals surface area contributed by atoms with E-state index in [-0.39, 0.29) is 30.6 Å². The van der Waals surface area contributed by atoms with E-state index in [9.17, 15) is 9.50 Å². The first kappa shape index (κ1) is 17.2. The number of hydrogen-bond acceptors (Lipinski definition) is 4. The van der Waals surface area contributed by atoms with Crippen LogP contribution in [0.25, 0.3) is 0 Å². The molecule has 1 aliphatic rings. The van der Waals surface area contributed by atoms with Crippen molar-refractivity contribution in [3.63, 3.8) is 0 Å². The highest BCUT2D eigenvalue weighted by Crippen LogP contribution is 2.38. The van der Waals surface area contributed by atoms with Crippen LogP contribution in [0.2, 0.25) is 0 Å². The molecule has 0 amide bonds. The highest BCUT2D eigenvalue weighted by atomic mass is 19.1. The number of rotatable bonds is 5. The van der Waals surface area contributed by atoms with Crippen molar-refractivity contribution < 1.29 is 19.3 Å². The van der Waals surface area contributed by atoms with E-state index in [1.807, 2.05) is 6.07 Å². The van der Waals surface area contributed by atoms with Crippen molar-refractivity contribution in [3.8, 4) is 5.75 Å². The maximum Gasteiger partial charge on any atom is 0.127 e. The summed E-state index contributed by atoms with van der Waals surface area (Å²) in [5.41, 5.74) is 0.933. The van der Waals surface area contributed by atoms with Gasteiger partial charge in [-0.25, -0.2) is 4.39 Å². The summed E-state index contributed by atoms with van der Waals surface area (Å²) in [6.07, 6.45) is 1.14. The second-order valence-corrected chi connectivity index (χ2v) is 6.89. The molecule has 0 spiro atoms. The van der Waals surface area contributed by atoms with E-state index in [0.29, 0.717) is 5.75 Å². The average molecular weight is 311 g/mol. The number of halogens is 1. The van der Waals surface area contributed by atoms with Crippen LogP contribution in [0.5, 0.6) is 5.75 Å². The predicted octanol–water partition coefficient (Wildman–Crippen LogP) is 2.49. The zero-order valence-electron chi connectivity index (χ0n) is 13.6. The molecule has 124 valence electrons. The van der Waals surface area contributed by atoms with Gasteiger partial charge in [-0.15, -0.1) is 0 Å². The Morgan fingerprint density at radius 1 is 1.36 bits per heavy atom. The van der Waals surface area contributed by atoms with Crippen molar-refractivity contribution in [3.05, 3.63) is 29.6 Å². The Morgan fingerprint density at radius 2 is 2.09 bits per heavy atom. The van der Waals surface area contributed by atoms with Crippen molar-refractivity contribution in [2.45, 2.75) is 51.3 Å². The first-order valence-electron chi connectivity index (χ1n) is 7.80. The third-order valence-corrected chi connectivity index (χ3v) is 4.05. The summed E-state index contributed by atoms with van der Waals surface area (Å²) in [5, 5.41) is 18.1. The molecule has 1 aromatic carbocycles. The zero-order chi connectivity index (χ0) is 16.3. The minimum Gasteiger partial charge on any atom is -0.491 e. The molecule has 5 heteroatoms. The maximum absolute atomic E-state index is 13.9. The van der Waals surface area contributed by atoms with Crippen LogP contribution in [0.3, 0.4) is 0 Å². The fraction of sp³-hybridized carbons (Fsp3) is 0.647. The van der Waals surface area contributed by atoms with Gasteiger partial charge in [0.1, 0.15) is 24.3 Å². The monoisotopic (exact) mass is 311 g/mol. The Kier molecular flexibility index (Phi) is 5.42. The number of hydrogen-bond donors (Lipinski definition) is 2. The Labute approximate surface area is 131 Å². The number of aliphatic hydroxyl groups is 2. The van der Waals surface area contributed by atoms with Crippen molar-refractivity contribution >= 4 is 0 Å². The smallest absolute Gasteiger partial charge is 0.127 e. The van der Waals surface area contributed by atoms with Gasteiger partial charge in [0.2, 0.25) is 0 Å². The summed E-state index contributed by atoms with van der Waals surface area (Å²) in [4.78, 5) is 2.38. The minimum absolute atomic E-state index is 0.0294. The van der Waals surface area contributed by atoms with Gasteiger partial charge in [0, 0.05) is 17.6 Å². The Bertz CT molecular complexity index is 501. The SMILES string of the molecule is CC(C)(C)N1CCCC1c1cc(F)cc(OCC(O)CO)c1. The number of aliphatic hydroxyl groups excluding tert-OH is 2. The summed E-state index contributed by atoms with van der Waals surface area (Å²) in [5.74, 6) is 0.0509. The second kappa shape index (κ2) is 6.94. The van der Waals surface area contributed by atoms with Crippen molar-refractivity contribution in [1.82, 2.24) is 4.90 Å². The van der Waals surface area contributed by atoms with E-state index in [0.717, 1.165) is 24.9 Å². The molecule has 1 aromatic rings. The van der Waals surface area contributed by atoms with Gasteiger partial charge in [-0.05, 0) is 57.9 Å². The largest absolute Gasteiger partial charge is 0.491 e. The Hall–Kier alpha value is -1.17. The van der Waals surface area contributed by atoms with Gasteiger partial charge in [-0.3, -0.25) is 4.90 Å². The molecule has 0 aliphatic carbocycles. The van der Waals surface area contributed by atoms with E-state index in [4.69, 9.17) is 9.84 Å². The lowest BCUT2D eigenvalue weighted by Gasteiger charge is -2.37. The first-order chi connectivity index (χ1) is 10.3. The molecule has 2 atom stereocenters. The molecule has 2 N–H and O–H groups in total. The molecule has 1 fully saturated rings. The van der Waals surface area contributed by atoms with Crippen LogP contribution in [0.1, 0.15) is 45.2 Å². The molecule has 2 rings (SSSR count). The van der Waals surface area contributed by atoms with Gasteiger partial charge in [-0.2, -0.15) is 0 Å². The highest BCUT2D eigenvalue weighted by molar-refractivity contribution is 5.32. The standard InChI is InChI=1S/C17H26FNO3/c1-17(2,3)19-6-4-5-16(19)12-7-13(18)9-15(8-12)22-11-14(21)10-20/h7-9,14,16,20-21H,4-6,10-11H2,1-3H3. The van der Waals surface area contributed by atoms with E-state index < -0.39 is 6.10 Å². The molecule has 22 heavy (non-hydrogen) atoms. The zero-order valence-corrected chi connectivity index (χ0v) is 13.6. The minimum atomic E-state index is -0.954. The average Bonchev–Trinajstić information content (AvgIpc) is 2.93. The molecule has 0 radical (unpaired) electrons. The number of nitrogens with zero attached hydrogens (tertiary/aromatic N) is 1. The van der Waals surface area contributed by atoms with Crippen LogP contribution < -0.4 is 4.74 Å². The van der Waals surface area contributed by atoms with Crippen molar-refractivity contribution in [1.29, 1.82) is 0 Å². The molecule has 4 nitrogen and oxygen atoms in total. The summed E-state index contributed by atoms with van der Waals surface area (Å²) in [6.45, 7) is 7.08. The number of benzene rings is 1. The van der Waals surface area contributed by atoms with Crippen LogP contribution >= 0.6 is 0 Å². The number of ether oxygens (including phenoxy) is 1. The predicted molar refractivity (Wildman–Crippen MR) is 83.4 cm³/mol. The van der Waals surface area contributed by atoms with Gasteiger partial charge in [0.25, 0.3) is 0 Å². The van der Waals surface area contributed by atoms with Crippen LogP contribution in [0.4, 0.5) is 4.39 Å². The quantitative estimate of drug-likeness (QED) is 0.877. The Balaban J connectivity index is 2.18. The van der Waals surface area contributed by atoms with Gasteiger partial charge >= 0.3 is 0 Å². The summed E-state index contributed by atoms with van der Waals surface area (Å²) in [7, 11) is 0. The topological polar surface area (TPSA) is 52.9 Å². The lowest BCUT2D eigenvalue weighted by Crippen LogP contribution is -2.40. The lowest BCUT2D eigenvalue weighted by atomic mass is 9.99. The van der Waals surface area contributed by atoms with Gasteiger partial charge < -0.3 is 14.9 Å². The molecule has 0 aromatic heterocycles. The molecule has 1 saturated heterocycles. The molecule has 0 saturated carbocycles. The van der Waals surface area contributed by atoms with E-state index >= 15 is 0 Å². The molecular weight excluding hydrogens is 285 g/mol. The van der Waals surface area contributed by atoms with Crippen LogP contribution in [-0.4, -0.2) is 46.5 Å². The van der Waals surface area contributed by atoms with Crippen LogP contribution in [0.15, 0.2) is 18.2 Å². The molecule has 2 unspecified atom stereocenters. The van der Waals surface area contributed by atoms with Gasteiger partial charge in [-0.1, -0.05) is 0 Å². The normalized spacial score (nSPS) is 21.1. The second-order valence-electron chi connectivity index (χ2n) is 6.89. The molecule has 1 aliphatic heterocycles. The molecular formula is C17H26FNO3. The van der Waals surface area contributed by atoms with Gasteiger partial charge in [0.05, 0.1) is 6.61 Å². The summed E-state index contributed by atoms with van der Waals surface area (Å²) < 4.78 is 19.3. The summed E-state index contributed by atoms with van der Waals surface area (Å²) in [6, 6.07) is 4.89. The first-order valence-corrected chi connectivity index (χ1v) is 7.80. The number of likely N-dealkylation sites (tertiary alicyclic amines) is 1. The fourth-order valence-corrected chi connectivity index (χ4v) is 3.02. The van der Waals surface area contributed by atoms with E-state index in [2.05, 4.69) is 25.7 Å². The van der Waals surface area contributed by atoms with Crippen molar-refractivity contribution in [2.75, 3.05) is 19.8 Å². The maximum atomic E-state index is 13.9.